The molecule has 1 fully saturated rings. The third kappa shape index (κ3) is 4.78. The summed E-state index contributed by atoms with van der Waals surface area (Å²) in [5.41, 5.74) is 1.32. The number of anilines is 1. The fourth-order valence-electron chi connectivity index (χ4n) is 2.06. The summed E-state index contributed by atoms with van der Waals surface area (Å²) in [6.45, 7) is 2.37. The summed E-state index contributed by atoms with van der Waals surface area (Å²) >= 11 is 0. The molecule has 1 aliphatic rings. The molecule has 0 spiro atoms. The van der Waals surface area contributed by atoms with Gasteiger partial charge < -0.3 is 10.2 Å². The minimum absolute atomic E-state index is 0.863. The second-order valence-corrected chi connectivity index (χ2v) is 5.05. The van der Waals surface area contributed by atoms with Crippen LogP contribution in [0.1, 0.15) is 32.1 Å². The number of unbranched alkanes of at least 4 members (excludes halogenated alkanes) is 2. The van der Waals surface area contributed by atoms with Crippen LogP contribution in [0.15, 0.2) is 30.3 Å². The zero-order valence-corrected chi connectivity index (χ0v) is 10.9. The predicted octanol–water partition coefficient (Wildman–Crippen LogP) is 3.05. The molecule has 0 bridgehead atoms. The highest BCUT2D eigenvalue weighted by atomic mass is 15.1. The van der Waals surface area contributed by atoms with Crippen LogP contribution in [-0.4, -0.2) is 26.2 Å². The Kier molecular flexibility index (Phi) is 4.87. The van der Waals surface area contributed by atoms with E-state index < -0.39 is 0 Å². The molecule has 0 aliphatic heterocycles. The molecule has 0 radical (unpaired) electrons. The van der Waals surface area contributed by atoms with Gasteiger partial charge in [-0.15, -0.1) is 0 Å². The van der Waals surface area contributed by atoms with Gasteiger partial charge in [0.1, 0.15) is 0 Å². The minimum atomic E-state index is 0.863. The van der Waals surface area contributed by atoms with Gasteiger partial charge in [0.25, 0.3) is 0 Å². The lowest BCUT2D eigenvalue weighted by atomic mass is 10.2. The molecule has 17 heavy (non-hydrogen) atoms. The van der Waals surface area contributed by atoms with Crippen molar-refractivity contribution in [1.82, 2.24) is 5.32 Å². The van der Waals surface area contributed by atoms with Crippen LogP contribution < -0.4 is 10.2 Å². The number of hydrogen-bond acceptors (Lipinski definition) is 2. The average molecular weight is 232 g/mol. The average Bonchev–Trinajstić information content (AvgIpc) is 3.18. The molecule has 1 aromatic rings. The standard InChI is InChI=1S/C15H24N2/c1-17(15-8-4-2-5-9-15)13-7-3-6-12-16-14-10-11-14/h2,4-5,8-9,14,16H,3,6-7,10-13H2,1H3. The topological polar surface area (TPSA) is 15.3 Å². The molecular formula is C15H24N2. The zero-order chi connectivity index (χ0) is 11.9. The first-order valence-electron chi connectivity index (χ1n) is 6.86. The number of rotatable bonds is 8. The van der Waals surface area contributed by atoms with Gasteiger partial charge in [0.15, 0.2) is 0 Å². The van der Waals surface area contributed by atoms with E-state index in [-0.39, 0.29) is 0 Å². The molecule has 0 amide bonds. The second kappa shape index (κ2) is 6.65. The van der Waals surface area contributed by atoms with Crippen LogP contribution in [0, 0.1) is 0 Å². The number of nitrogens with zero attached hydrogens (tertiary/aromatic N) is 1. The lowest BCUT2D eigenvalue weighted by molar-refractivity contribution is 0.599. The Labute approximate surface area is 105 Å². The van der Waals surface area contributed by atoms with E-state index in [0.717, 1.165) is 12.6 Å². The van der Waals surface area contributed by atoms with E-state index in [4.69, 9.17) is 0 Å². The van der Waals surface area contributed by atoms with Crippen molar-refractivity contribution < 1.29 is 0 Å². The molecule has 0 unspecified atom stereocenters. The molecule has 1 aromatic carbocycles. The monoisotopic (exact) mass is 232 g/mol. The van der Waals surface area contributed by atoms with Gasteiger partial charge in [-0.1, -0.05) is 24.6 Å². The van der Waals surface area contributed by atoms with Crippen molar-refractivity contribution in [3.63, 3.8) is 0 Å². The Bertz CT molecular complexity index is 306. The Morgan fingerprint density at radius 1 is 1.12 bits per heavy atom. The van der Waals surface area contributed by atoms with Crippen molar-refractivity contribution in [2.75, 3.05) is 25.0 Å². The van der Waals surface area contributed by atoms with Crippen molar-refractivity contribution in [1.29, 1.82) is 0 Å². The van der Waals surface area contributed by atoms with E-state index >= 15 is 0 Å². The smallest absolute Gasteiger partial charge is 0.0363 e. The van der Waals surface area contributed by atoms with Gasteiger partial charge in [-0.2, -0.15) is 0 Å². The summed E-state index contributed by atoms with van der Waals surface area (Å²) in [7, 11) is 2.18. The van der Waals surface area contributed by atoms with Gasteiger partial charge in [0, 0.05) is 25.3 Å². The van der Waals surface area contributed by atoms with Crippen LogP contribution >= 0.6 is 0 Å². The van der Waals surface area contributed by atoms with Crippen LogP contribution in [0.3, 0.4) is 0 Å². The van der Waals surface area contributed by atoms with Gasteiger partial charge in [0.2, 0.25) is 0 Å². The van der Waals surface area contributed by atoms with Crippen LogP contribution in [0.5, 0.6) is 0 Å². The van der Waals surface area contributed by atoms with Gasteiger partial charge in [-0.3, -0.25) is 0 Å². The minimum Gasteiger partial charge on any atom is -0.375 e. The van der Waals surface area contributed by atoms with Gasteiger partial charge in [-0.05, 0) is 44.4 Å². The highest BCUT2D eigenvalue weighted by molar-refractivity contribution is 5.44. The second-order valence-electron chi connectivity index (χ2n) is 5.05. The molecule has 0 aromatic heterocycles. The summed E-state index contributed by atoms with van der Waals surface area (Å²) in [4.78, 5) is 2.34. The molecule has 0 atom stereocenters. The lowest BCUT2D eigenvalue weighted by Crippen LogP contribution is -2.20. The summed E-state index contributed by atoms with van der Waals surface area (Å²) < 4.78 is 0. The molecule has 1 N–H and O–H groups in total. The number of para-hydroxylation sites is 1. The summed E-state index contributed by atoms with van der Waals surface area (Å²) in [6, 6.07) is 11.5. The van der Waals surface area contributed by atoms with E-state index in [1.807, 2.05) is 0 Å². The first kappa shape index (κ1) is 12.4. The SMILES string of the molecule is CN(CCCCCNC1CC1)c1ccccc1. The van der Waals surface area contributed by atoms with Crippen LogP contribution in [-0.2, 0) is 0 Å². The maximum atomic E-state index is 3.56. The van der Waals surface area contributed by atoms with Crippen molar-refractivity contribution in [2.45, 2.75) is 38.1 Å². The van der Waals surface area contributed by atoms with Crippen LogP contribution in [0.25, 0.3) is 0 Å². The maximum Gasteiger partial charge on any atom is 0.0363 e. The molecule has 94 valence electrons. The molecule has 1 saturated carbocycles. The molecule has 0 saturated heterocycles. The highest BCUT2D eigenvalue weighted by Gasteiger charge is 2.19. The molecule has 2 rings (SSSR count). The third-order valence-electron chi connectivity index (χ3n) is 3.38. The first-order chi connectivity index (χ1) is 8.36. The summed E-state index contributed by atoms with van der Waals surface area (Å²) in [5.74, 6) is 0. The Balaban J connectivity index is 1.52. The normalized spacial score (nSPS) is 14.9. The summed E-state index contributed by atoms with van der Waals surface area (Å²) in [5, 5.41) is 3.56. The van der Waals surface area contributed by atoms with E-state index in [9.17, 15) is 0 Å². The van der Waals surface area contributed by atoms with Crippen LogP contribution in [0.4, 0.5) is 5.69 Å². The van der Waals surface area contributed by atoms with Crippen molar-refractivity contribution in [3.8, 4) is 0 Å². The summed E-state index contributed by atoms with van der Waals surface area (Å²) in [6.07, 6.45) is 6.74. The number of benzene rings is 1. The molecular weight excluding hydrogens is 208 g/mol. The highest BCUT2D eigenvalue weighted by Crippen LogP contribution is 2.18. The Morgan fingerprint density at radius 3 is 2.59 bits per heavy atom. The van der Waals surface area contributed by atoms with Gasteiger partial charge in [0.05, 0.1) is 0 Å². The third-order valence-corrected chi connectivity index (χ3v) is 3.38. The fourth-order valence-corrected chi connectivity index (χ4v) is 2.06. The van der Waals surface area contributed by atoms with Crippen molar-refractivity contribution in [2.24, 2.45) is 0 Å². The quantitative estimate of drug-likeness (QED) is 0.693. The molecule has 2 heteroatoms. The van der Waals surface area contributed by atoms with Crippen molar-refractivity contribution >= 4 is 5.69 Å². The van der Waals surface area contributed by atoms with E-state index in [1.54, 1.807) is 0 Å². The van der Waals surface area contributed by atoms with E-state index in [1.165, 1.54) is 44.3 Å². The van der Waals surface area contributed by atoms with E-state index in [2.05, 4.69) is 47.6 Å². The molecule has 1 aliphatic carbocycles. The Morgan fingerprint density at radius 2 is 1.88 bits per heavy atom. The number of nitrogens with one attached hydrogen (secondary N) is 1. The predicted molar refractivity (Wildman–Crippen MR) is 74.6 cm³/mol. The maximum absolute atomic E-state index is 3.56. The van der Waals surface area contributed by atoms with Crippen molar-refractivity contribution in [3.05, 3.63) is 30.3 Å². The largest absolute Gasteiger partial charge is 0.375 e. The Hall–Kier alpha value is -1.02. The zero-order valence-electron chi connectivity index (χ0n) is 10.9. The van der Waals surface area contributed by atoms with Gasteiger partial charge >= 0.3 is 0 Å². The molecule has 0 heterocycles. The van der Waals surface area contributed by atoms with E-state index in [0.29, 0.717) is 0 Å². The fraction of sp³-hybridized carbons (Fsp3) is 0.600. The lowest BCUT2D eigenvalue weighted by Gasteiger charge is -2.18. The first-order valence-corrected chi connectivity index (χ1v) is 6.86. The van der Waals surface area contributed by atoms with Gasteiger partial charge in [-0.25, -0.2) is 0 Å². The molecule has 2 nitrogen and oxygen atoms in total. The van der Waals surface area contributed by atoms with Crippen LogP contribution in [0.2, 0.25) is 0 Å². The number of hydrogen-bond donors (Lipinski definition) is 1.